The Labute approximate surface area is 152 Å². The van der Waals surface area contributed by atoms with Crippen molar-refractivity contribution in [3.63, 3.8) is 0 Å². The van der Waals surface area contributed by atoms with Gasteiger partial charge in [0.2, 0.25) is 0 Å². The lowest BCUT2D eigenvalue weighted by Crippen LogP contribution is -2.35. The topological polar surface area (TPSA) is 49.6 Å². The zero-order valence-electron chi connectivity index (χ0n) is 16.0. The van der Waals surface area contributed by atoms with Gasteiger partial charge in [0.05, 0.1) is 4.92 Å². The second-order valence-electron chi connectivity index (χ2n) is 6.83. The van der Waals surface area contributed by atoms with E-state index in [-0.39, 0.29) is 10.6 Å². The van der Waals surface area contributed by atoms with Crippen molar-refractivity contribution in [3.05, 3.63) is 47.0 Å². The maximum atomic E-state index is 10.8. The van der Waals surface area contributed by atoms with Crippen molar-refractivity contribution in [2.75, 3.05) is 37.6 Å². The summed E-state index contributed by atoms with van der Waals surface area (Å²) in [6, 6.07) is 6.77. The van der Waals surface area contributed by atoms with Crippen LogP contribution in [0.2, 0.25) is 0 Å². The molecule has 0 heterocycles. The summed E-state index contributed by atoms with van der Waals surface area (Å²) in [6.45, 7) is 15.4. The van der Waals surface area contributed by atoms with Crippen LogP contribution < -0.4 is 4.90 Å². The first-order valence-electron chi connectivity index (χ1n) is 9.30. The molecule has 5 heteroatoms. The molecule has 0 N–H and O–H groups in total. The predicted molar refractivity (Wildman–Crippen MR) is 106 cm³/mol. The second kappa shape index (κ2) is 11.6. The Kier molecular flexibility index (Phi) is 9.85. The first-order valence-corrected chi connectivity index (χ1v) is 9.30. The van der Waals surface area contributed by atoms with Crippen LogP contribution in [0.1, 0.15) is 40.0 Å². The summed E-state index contributed by atoms with van der Waals surface area (Å²) >= 11 is 0. The monoisotopic (exact) mass is 347 g/mol. The molecule has 0 aromatic heterocycles. The number of hydrogen-bond acceptors (Lipinski definition) is 4. The molecule has 0 unspecified atom stereocenters. The van der Waals surface area contributed by atoms with Crippen LogP contribution in [0.3, 0.4) is 0 Å². The van der Waals surface area contributed by atoms with Gasteiger partial charge in [-0.15, -0.1) is 6.58 Å². The fourth-order valence-electron chi connectivity index (χ4n) is 2.84. The lowest BCUT2D eigenvalue weighted by atomic mass is 10.1. The van der Waals surface area contributed by atoms with Crippen molar-refractivity contribution in [1.82, 2.24) is 4.90 Å². The maximum absolute atomic E-state index is 10.8. The van der Waals surface area contributed by atoms with Gasteiger partial charge in [-0.3, -0.25) is 10.1 Å². The first kappa shape index (κ1) is 21.2. The summed E-state index contributed by atoms with van der Waals surface area (Å²) < 4.78 is 0. The molecule has 0 aliphatic heterocycles. The minimum atomic E-state index is -0.363. The average Bonchev–Trinajstić information content (AvgIpc) is 2.59. The van der Waals surface area contributed by atoms with Gasteiger partial charge in [-0.2, -0.15) is 0 Å². The van der Waals surface area contributed by atoms with Crippen LogP contribution in [0.5, 0.6) is 0 Å². The van der Waals surface area contributed by atoms with Gasteiger partial charge in [-0.25, -0.2) is 0 Å². The van der Waals surface area contributed by atoms with Gasteiger partial charge >= 0.3 is 0 Å². The summed E-state index contributed by atoms with van der Waals surface area (Å²) in [5.74, 6) is 0.778. The van der Waals surface area contributed by atoms with Gasteiger partial charge < -0.3 is 9.80 Å². The Balaban J connectivity index is 2.55. The summed E-state index contributed by atoms with van der Waals surface area (Å²) in [6.07, 6.45) is 5.70. The summed E-state index contributed by atoms with van der Waals surface area (Å²) in [5.41, 5.74) is 1.13. The van der Waals surface area contributed by atoms with Crippen molar-refractivity contribution < 1.29 is 4.92 Å². The third kappa shape index (κ3) is 8.16. The summed E-state index contributed by atoms with van der Waals surface area (Å²) in [7, 11) is 0. The number of rotatable bonds is 13. The van der Waals surface area contributed by atoms with Crippen molar-refractivity contribution in [2.24, 2.45) is 5.92 Å². The van der Waals surface area contributed by atoms with Gasteiger partial charge in [0.15, 0.2) is 0 Å². The lowest BCUT2D eigenvalue weighted by Gasteiger charge is -2.28. The molecule has 25 heavy (non-hydrogen) atoms. The quantitative estimate of drug-likeness (QED) is 0.224. The molecule has 1 rings (SSSR count). The van der Waals surface area contributed by atoms with E-state index in [2.05, 4.69) is 37.1 Å². The molecule has 0 amide bonds. The number of unbranched alkanes of at least 4 members (excludes halogenated alkanes) is 1. The Morgan fingerprint density at radius 2 is 1.84 bits per heavy atom. The lowest BCUT2D eigenvalue weighted by molar-refractivity contribution is -0.384. The van der Waals surface area contributed by atoms with E-state index in [1.54, 1.807) is 12.1 Å². The van der Waals surface area contributed by atoms with Crippen LogP contribution in [-0.2, 0) is 0 Å². The molecular formula is C20H33N3O2. The number of nitro groups is 1. The maximum Gasteiger partial charge on any atom is 0.269 e. The van der Waals surface area contributed by atoms with E-state index in [0.717, 1.165) is 44.3 Å². The molecular weight excluding hydrogens is 314 g/mol. The average molecular weight is 348 g/mol. The molecule has 1 aromatic carbocycles. The molecule has 0 bridgehead atoms. The highest BCUT2D eigenvalue weighted by Crippen LogP contribution is 2.19. The SMILES string of the molecule is C=CCN(CCN(CC)CCCCC(C)C)c1ccc([N+](=O)[O-])cc1. The molecule has 140 valence electrons. The number of non-ortho nitro benzene ring substituents is 1. The van der Waals surface area contributed by atoms with Gasteiger partial charge in [-0.1, -0.05) is 39.7 Å². The number of nitro benzene ring substituents is 1. The van der Waals surface area contributed by atoms with Crippen molar-refractivity contribution >= 4 is 11.4 Å². The molecule has 5 nitrogen and oxygen atoms in total. The van der Waals surface area contributed by atoms with Crippen LogP contribution in [0.4, 0.5) is 11.4 Å². The Bertz CT molecular complexity index is 514. The first-order chi connectivity index (χ1) is 12.0. The highest BCUT2D eigenvalue weighted by Gasteiger charge is 2.10. The zero-order chi connectivity index (χ0) is 18.7. The number of likely N-dealkylation sites (N-methyl/N-ethyl adjacent to an activating group) is 1. The highest BCUT2D eigenvalue weighted by molar-refractivity contribution is 5.51. The molecule has 0 fully saturated rings. The second-order valence-corrected chi connectivity index (χ2v) is 6.83. The number of anilines is 1. The van der Waals surface area contributed by atoms with E-state index >= 15 is 0 Å². The molecule has 0 atom stereocenters. The molecule has 0 saturated carbocycles. The summed E-state index contributed by atoms with van der Waals surface area (Å²) in [4.78, 5) is 15.1. The molecule has 0 aliphatic carbocycles. The Morgan fingerprint density at radius 1 is 1.16 bits per heavy atom. The van der Waals surface area contributed by atoms with Crippen LogP contribution in [-0.4, -0.2) is 42.5 Å². The molecule has 1 aromatic rings. The Hall–Kier alpha value is -1.88. The van der Waals surface area contributed by atoms with E-state index < -0.39 is 0 Å². The fourth-order valence-corrected chi connectivity index (χ4v) is 2.84. The standard InChI is InChI=1S/C20H33N3O2/c1-5-14-22(19-10-12-20(13-11-19)23(24)25)17-16-21(6-2)15-8-7-9-18(3)4/h5,10-13,18H,1,6-9,14-17H2,2-4H3. The van der Waals surface area contributed by atoms with Crippen molar-refractivity contribution in [2.45, 2.75) is 40.0 Å². The zero-order valence-corrected chi connectivity index (χ0v) is 16.0. The van der Waals surface area contributed by atoms with Gasteiger partial charge in [-0.05, 0) is 37.6 Å². The van der Waals surface area contributed by atoms with Crippen LogP contribution in [0.25, 0.3) is 0 Å². The van der Waals surface area contributed by atoms with Crippen molar-refractivity contribution in [3.8, 4) is 0 Å². The van der Waals surface area contributed by atoms with Crippen molar-refractivity contribution in [1.29, 1.82) is 0 Å². The highest BCUT2D eigenvalue weighted by atomic mass is 16.6. The number of hydrogen-bond donors (Lipinski definition) is 0. The van der Waals surface area contributed by atoms with Gasteiger partial charge in [0.25, 0.3) is 5.69 Å². The Morgan fingerprint density at radius 3 is 2.36 bits per heavy atom. The van der Waals surface area contributed by atoms with E-state index in [0.29, 0.717) is 0 Å². The fraction of sp³-hybridized carbons (Fsp3) is 0.600. The molecule has 0 aliphatic rings. The third-order valence-corrected chi connectivity index (χ3v) is 4.41. The number of nitrogens with zero attached hydrogens (tertiary/aromatic N) is 3. The molecule has 0 radical (unpaired) electrons. The van der Waals surface area contributed by atoms with Crippen LogP contribution in [0, 0.1) is 16.0 Å². The largest absolute Gasteiger partial charge is 0.367 e. The molecule has 0 spiro atoms. The van der Waals surface area contributed by atoms with E-state index in [9.17, 15) is 10.1 Å². The van der Waals surface area contributed by atoms with E-state index in [1.807, 2.05) is 18.2 Å². The predicted octanol–water partition coefficient (Wildman–Crippen LogP) is 4.74. The van der Waals surface area contributed by atoms with Crippen LogP contribution >= 0.6 is 0 Å². The minimum absolute atomic E-state index is 0.127. The normalized spacial score (nSPS) is 11.1. The van der Waals surface area contributed by atoms with E-state index in [1.165, 1.54) is 19.3 Å². The smallest absolute Gasteiger partial charge is 0.269 e. The third-order valence-electron chi connectivity index (χ3n) is 4.41. The van der Waals surface area contributed by atoms with Gasteiger partial charge in [0, 0.05) is 37.5 Å². The number of benzene rings is 1. The molecule has 0 saturated heterocycles. The minimum Gasteiger partial charge on any atom is -0.367 e. The van der Waals surface area contributed by atoms with Crippen LogP contribution in [0.15, 0.2) is 36.9 Å². The van der Waals surface area contributed by atoms with Gasteiger partial charge in [0.1, 0.15) is 0 Å². The van der Waals surface area contributed by atoms with E-state index in [4.69, 9.17) is 0 Å². The summed E-state index contributed by atoms with van der Waals surface area (Å²) in [5, 5.41) is 10.8.